The lowest BCUT2D eigenvalue weighted by Gasteiger charge is -2.02. The molecule has 1 heteroatoms. The van der Waals surface area contributed by atoms with Gasteiger partial charge >= 0.3 is 0 Å². The molecule has 0 heterocycles. The van der Waals surface area contributed by atoms with E-state index in [0.29, 0.717) is 12.3 Å². The maximum atomic E-state index is 9.97. The van der Waals surface area contributed by atoms with Gasteiger partial charge in [-0.25, -0.2) is 0 Å². The van der Waals surface area contributed by atoms with Gasteiger partial charge in [-0.15, -0.1) is 0 Å². The second-order valence-electron chi connectivity index (χ2n) is 2.97. The number of carbonyl (C=O) groups is 1. The Morgan fingerprint density at radius 2 is 2.10 bits per heavy atom. The van der Waals surface area contributed by atoms with E-state index in [0.717, 1.165) is 12.7 Å². The van der Waals surface area contributed by atoms with Crippen LogP contribution in [0.4, 0.5) is 0 Å². The molecule has 1 atom stereocenters. The van der Waals surface area contributed by atoms with Crippen LogP contribution in [-0.4, -0.2) is 6.29 Å². The lowest BCUT2D eigenvalue weighted by molar-refractivity contribution is -0.108. The second-order valence-corrected chi connectivity index (χ2v) is 2.97. The first-order valence-corrected chi connectivity index (χ1v) is 3.75. The van der Waals surface area contributed by atoms with Crippen molar-refractivity contribution in [1.29, 1.82) is 0 Å². The lowest BCUT2D eigenvalue weighted by atomic mass is 10.0. The minimum absolute atomic E-state index is 0.551. The molecule has 0 radical (unpaired) electrons. The molecule has 0 bridgehead atoms. The summed E-state index contributed by atoms with van der Waals surface area (Å²) in [5.74, 6) is 0.551. The maximum Gasteiger partial charge on any atom is 0.120 e. The number of rotatable bonds is 4. The van der Waals surface area contributed by atoms with Crippen molar-refractivity contribution in [3.05, 3.63) is 11.6 Å². The highest BCUT2D eigenvalue weighted by Gasteiger charge is 1.95. The summed E-state index contributed by atoms with van der Waals surface area (Å²) in [6.07, 6.45) is 4.85. The molecule has 1 nitrogen and oxygen atoms in total. The monoisotopic (exact) mass is 140 g/mol. The van der Waals surface area contributed by atoms with Crippen molar-refractivity contribution >= 4 is 6.29 Å². The molecule has 0 spiro atoms. The van der Waals surface area contributed by atoms with Crippen molar-refractivity contribution in [2.45, 2.75) is 33.6 Å². The predicted octanol–water partition coefficient (Wildman–Crippen LogP) is 2.57. The third kappa shape index (κ3) is 5.54. The van der Waals surface area contributed by atoms with E-state index in [2.05, 4.69) is 26.8 Å². The number of allylic oxidation sites excluding steroid dienone is 2. The molecule has 0 amide bonds. The summed E-state index contributed by atoms with van der Waals surface area (Å²) in [4.78, 5) is 9.97. The topological polar surface area (TPSA) is 17.1 Å². The molecule has 10 heavy (non-hydrogen) atoms. The molecular weight excluding hydrogens is 124 g/mol. The van der Waals surface area contributed by atoms with Crippen LogP contribution in [0, 0.1) is 5.92 Å². The van der Waals surface area contributed by atoms with Crippen molar-refractivity contribution in [2.24, 2.45) is 5.92 Å². The van der Waals surface area contributed by atoms with Gasteiger partial charge in [-0.1, -0.05) is 18.6 Å². The fraction of sp³-hybridized carbons (Fsp3) is 0.667. The highest BCUT2D eigenvalue weighted by molar-refractivity contribution is 5.49. The van der Waals surface area contributed by atoms with E-state index >= 15 is 0 Å². The summed E-state index contributed by atoms with van der Waals surface area (Å²) < 4.78 is 0. The Balaban J connectivity index is 3.52. The van der Waals surface area contributed by atoms with E-state index in [-0.39, 0.29) is 0 Å². The van der Waals surface area contributed by atoms with E-state index in [9.17, 15) is 4.79 Å². The SMILES string of the molecule is CC(C)=C[C@@H](C)CCC=O. The smallest absolute Gasteiger partial charge is 0.120 e. The largest absolute Gasteiger partial charge is 0.303 e. The standard InChI is InChI=1S/C9H16O/c1-8(2)7-9(3)5-4-6-10/h6-7,9H,4-5H2,1-3H3/t9-/m0/s1. The van der Waals surface area contributed by atoms with Gasteiger partial charge in [-0.2, -0.15) is 0 Å². The molecular formula is C9H16O. The Morgan fingerprint density at radius 3 is 2.50 bits per heavy atom. The van der Waals surface area contributed by atoms with Crippen molar-refractivity contribution in [3.63, 3.8) is 0 Å². The van der Waals surface area contributed by atoms with Gasteiger partial charge in [0.1, 0.15) is 6.29 Å². The zero-order chi connectivity index (χ0) is 7.98. The van der Waals surface area contributed by atoms with Crippen molar-refractivity contribution < 1.29 is 4.79 Å². The van der Waals surface area contributed by atoms with Crippen LogP contribution in [0.25, 0.3) is 0 Å². The molecule has 0 aromatic carbocycles. The molecule has 58 valence electrons. The average Bonchev–Trinajstić information content (AvgIpc) is 1.82. The summed E-state index contributed by atoms with van der Waals surface area (Å²) in [6, 6.07) is 0. The Bertz CT molecular complexity index is 121. The molecule has 0 aliphatic rings. The van der Waals surface area contributed by atoms with Crippen LogP contribution in [0.3, 0.4) is 0 Å². The first-order chi connectivity index (χ1) is 4.66. The zero-order valence-electron chi connectivity index (χ0n) is 7.05. The predicted molar refractivity (Wildman–Crippen MR) is 43.9 cm³/mol. The summed E-state index contributed by atoms with van der Waals surface area (Å²) in [5, 5.41) is 0. The Hall–Kier alpha value is -0.590. The van der Waals surface area contributed by atoms with Gasteiger partial charge < -0.3 is 4.79 Å². The van der Waals surface area contributed by atoms with Crippen LogP contribution in [0.2, 0.25) is 0 Å². The van der Waals surface area contributed by atoms with Gasteiger partial charge in [-0.05, 0) is 26.2 Å². The van der Waals surface area contributed by atoms with Gasteiger partial charge in [-0.3, -0.25) is 0 Å². The maximum absolute atomic E-state index is 9.97. The fourth-order valence-electron chi connectivity index (χ4n) is 0.983. The minimum Gasteiger partial charge on any atom is -0.303 e. The van der Waals surface area contributed by atoms with Gasteiger partial charge in [0.15, 0.2) is 0 Å². The van der Waals surface area contributed by atoms with E-state index in [1.54, 1.807) is 0 Å². The molecule has 0 unspecified atom stereocenters. The molecule has 0 N–H and O–H groups in total. The van der Waals surface area contributed by atoms with E-state index in [1.165, 1.54) is 5.57 Å². The Morgan fingerprint density at radius 1 is 1.50 bits per heavy atom. The minimum atomic E-state index is 0.551. The van der Waals surface area contributed by atoms with Gasteiger partial charge in [0.25, 0.3) is 0 Å². The molecule has 0 aromatic heterocycles. The molecule has 0 saturated carbocycles. The lowest BCUT2D eigenvalue weighted by Crippen LogP contribution is -1.90. The number of hydrogen-bond acceptors (Lipinski definition) is 1. The van der Waals surface area contributed by atoms with Crippen LogP contribution in [0.1, 0.15) is 33.6 Å². The first-order valence-electron chi connectivity index (χ1n) is 3.75. The van der Waals surface area contributed by atoms with Crippen molar-refractivity contribution in [3.8, 4) is 0 Å². The highest BCUT2D eigenvalue weighted by Crippen LogP contribution is 2.07. The van der Waals surface area contributed by atoms with Gasteiger partial charge in [0, 0.05) is 6.42 Å². The van der Waals surface area contributed by atoms with E-state index in [4.69, 9.17) is 0 Å². The van der Waals surface area contributed by atoms with E-state index in [1.807, 2.05) is 0 Å². The normalized spacial score (nSPS) is 12.3. The number of aldehydes is 1. The van der Waals surface area contributed by atoms with Gasteiger partial charge in [0.2, 0.25) is 0 Å². The highest BCUT2D eigenvalue weighted by atomic mass is 16.1. The second kappa shape index (κ2) is 5.21. The third-order valence-electron chi connectivity index (χ3n) is 1.36. The quantitative estimate of drug-likeness (QED) is 0.433. The summed E-state index contributed by atoms with van der Waals surface area (Å²) in [7, 11) is 0. The Kier molecular flexibility index (Phi) is 4.91. The molecule has 0 fully saturated rings. The van der Waals surface area contributed by atoms with Gasteiger partial charge in [0.05, 0.1) is 0 Å². The van der Waals surface area contributed by atoms with Crippen LogP contribution in [0.15, 0.2) is 11.6 Å². The fourth-order valence-corrected chi connectivity index (χ4v) is 0.983. The third-order valence-corrected chi connectivity index (χ3v) is 1.36. The number of hydrogen-bond donors (Lipinski definition) is 0. The summed E-state index contributed by atoms with van der Waals surface area (Å²) in [6.45, 7) is 6.30. The van der Waals surface area contributed by atoms with Crippen LogP contribution >= 0.6 is 0 Å². The van der Waals surface area contributed by atoms with Crippen molar-refractivity contribution in [1.82, 2.24) is 0 Å². The molecule has 0 aliphatic carbocycles. The molecule has 0 rings (SSSR count). The Labute approximate surface area is 63.1 Å². The first kappa shape index (κ1) is 9.41. The molecule has 0 saturated heterocycles. The average molecular weight is 140 g/mol. The summed E-state index contributed by atoms with van der Waals surface area (Å²) in [5.41, 5.74) is 1.33. The molecule has 0 aliphatic heterocycles. The van der Waals surface area contributed by atoms with E-state index < -0.39 is 0 Å². The van der Waals surface area contributed by atoms with Crippen LogP contribution in [0.5, 0.6) is 0 Å². The summed E-state index contributed by atoms with van der Waals surface area (Å²) >= 11 is 0. The number of carbonyl (C=O) groups excluding carboxylic acids is 1. The molecule has 0 aromatic rings. The van der Waals surface area contributed by atoms with Crippen molar-refractivity contribution in [2.75, 3.05) is 0 Å². The van der Waals surface area contributed by atoms with Crippen LogP contribution < -0.4 is 0 Å². The van der Waals surface area contributed by atoms with Crippen LogP contribution in [-0.2, 0) is 4.79 Å². The zero-order valence-corrected chi connectivity index (χ0v) is 7.05.